The number of aliphatic hydroxyl groups is 1. The molecule has 1 amide bonds. The number of hydrogen-bond acceptors (Lipinski definition) is 8. The zero-order valence-corrected chi connectivity index (χ0v) is 18.9. The number of nitrogens with one attached hydrogen (secondary N) is 2. The molecule has 2 fully saturated rings. The van der Waals surface area contributed by atoms with Crippen LogP contribution in [0.15, 0.2) is 36.1 Å². The minimum absolute atomic E-state index is 0.0377. The van der Waals surface area contributed by atoms with Gasteiger partial charge in [-0.1, -0.05) is 17.7 Å². The molecule has 2 aromatic heterocycles. The Labute approximate surface area is 191 Å². The molecule has 0 bridgehead atoms. The summed E-state index contributed by atoms with van der Waals surface area (Å²) >= 11 is 1.53. The van der Waals surface area contributed by atoms with Gasteiger partial charge in [0, 0.05) is 36.1 Å². The van der Waals surface area contributed by atoms with Gasteiger partial charge < -0.3 is 15.7 Å². The number of amides is 1. The van der Waals surface area contributed by atoms with Gasteiger partial charge in [-0.15, -0.1) is 16.4 Å². The van der Waals surface area contributed by atoms with Crippen molar-refractivity contribution in [3.8, 4) is 0 Å². The lowest BCUT2D eigenvalue weighted by Gasteiger charge is -2.48. The molecule has 168 valence electrons. The van der Waals surface area contributed by atoms with Crippen molar-refractivity contribution in [2.45, 2.75) is 50.3 Å². The number of aryl methyl sites for hydroxylation is 1. The number of hydrogen-bond donors (Lipinski definition) is 3. The number of carbonyl (C=O) groups excluding carboxylic acids is 1. The zero-order chi connectivity index (χ0) is 22.1. The Morgan fingerprint density at radius 2 is 2.09 bits per heavy atom. The average Bonchev–Trinajstić information content (AvgIpc) is 3.31. The van der Waals surface area contributed by atoms with Crippen LogP contribution < -0.4 is 10.6 Å². The van der Waals surface area contributed by atoms with Gasteiger partial charge in [0.05, 0.1) is 29.2 Å². The monoisotopic (exact) mass is 452 g/mol. The number of likely N-dealkylation sites (tertiary alicyclic amines) is 1. The first-order valence-corrected chi connectivity index (χ1v) is 12.0. The van der Waals surface area contributed by atoms with E-state index in [2.05, 4.69) is 30.7 Å². The van der Waals surface area contributed by atoms with Crippen LogP contribution in [-0.2, 0) is 10.4 Å². The van der Waals surface area contributed by atoms with E-state index in [0.717, 1.165) is 60.0 Å². The van der Waals surface area contributed by atoms with E-state index < -0.39 is 5.60 Å². The number of benzene rings is 1. The number of nitrogens with zero attached hydrogens (tertiary/aromatic N) is 4. The molecule has 1 aliphatic heterocycles. The Balaban J connectivity index is 1.07. The molecule has 1 saturated carbocycles. The number of aromatic nitrogens is 3. The Bertz CT molecular complexity index is 1090. The lowest BCUT2D eigenvalue weighted by Crippen LogP contribution is -2.63. The smallest absolute Gasteiger partial charge is 0.239 e. The Hall–Kier alpha value is -2.62. The van der Waals surface area contributed by atoms with Gasteiger partial charge in [-0.2, -0.15) is 5.10 Å². The van der Waals surface area contributed by atoms with Gasteiger partial charge in [0.25, 0.3) is 0 Å². The lowest BCUT2D eigenvalue weighted by atomic mass is 9.80. The van der Waals surface area contributed by atoms with Crippen LogP contribution in [-0.4, -0.2) is 62.8 Å². The molecule has 3 N–H and O–H groups in total. The maximum absolute atomic E-state index is 12.4. The van der Waals surface area contributed by atoms with Crippen molar-refractivity contribution in [1.29, 1.82) is 0 Å². The van der Waals surface area contributed by atoms with Crippen LogP contribution in [0.4, 0.5) is 5.82 Å². The number of carbonyl (C=O) groups is 1. The summed E-state index contributed by atoms with van der Waals surface area (Å²) in [5, 5.41) is 27.3. The number of anilines is 1. The summed E-state index contributed by atoms with van der Waals surface area (Å²) in [6.07, 6.45) is 6.99. The summed E-state index contributed by atoms with van der Waals surface area (Å²) < 4.78 is 0. The molecule has 9 heteroatoms. The van der Waals surface area contributed by atoms with Crippen LogP contribution in [0.1, 0.15) is 36.1 Å². The molecule has 8 nitrogen and oxygen atoms in total. The molecular weight excluding hydrogens is 424 g/mol. The number of rotatable bonds is 6. The summed E-state index contributed by atoms with van der Waals surface area (Å²) in [6.45, 7) is 3.93. The van der Waals surface area contributed by atoms with Crippen molar-refractivity contribution >= 4 is 33.8 Å². The molecule has 3 aromatic rings. The number of fused-ring (bicyclic) bond motifs is 1. The van der Waals surface area contributed by atoms with Crippen molar-refractivity contribution in [3.63, 3.8) is 0 Å². The maximum atomic E-state index is 12.4. The molecule has 32 heavy (non-hydrogen) atoms. The average molecular weight is 453 g/mol. The molecular formula is C23H28N6O2S. The summed E-state index contributed by atoms with van der Waals surface area (Å²) in [7, 11) is 0. The molecule has 0 unspecified atom stereocenters. The fraction of sp³-hybridized carbons (Fsp3) is 0.478. The van der Waals surface area contributed by atoms with Crippen molar-refractivity contribution in [1.82, 2.24) is 25.4 Å². The highest BCUT2D eigenvalue weighted by Crippen LogP contribution is 2.40. The molecule has 0 spiro atoms. The van der Waals surface area contributed by atoms with E-state index in [0.29, 0.717) is 11.9 Å². The van der Waals surface area contributed by atoms with Gasteiger partial charge in [-0.05, 0) is 38.7 Å². The van der Waals surface area contributed by atoms with Gasteiger partial charge in [-0.25, -0.2) is 0 Å². The zero-order valence-electron chi connectivity index (χ0n) is 18.1. The van der Waals surface area contributed by atoms with Crippen molar-refractivity contribution in [2.75, 3.05) is 25.0 Å². The lowest BCUT2D eigenvalue weighted by molar-refractivity contribution is -0.121. The van der Waals surface area contributed by atoms with E-state index >= 15 is 0 Å². The molecule has 1 aromatic carbocycles. The van der Waals surface area contributed by atoms with Gasteiger partial charge in [0.15, 0.2) is 5.82 Å². The Morgan fingerprint density at radius 3 is 2.84 bits per heavy atom. The fourth-order valence-corrected chi connectivity index (χ4v) is 5.58. The number of thiazole rings is 1. The van der Waals surface area contributed by atoms with Crippen LogP contribution >= 0.6 is 11.3 Å². The standard InChI is InChI=1S/C23H28N6O2S/c1-15-2-3-16-9-26-28-22(19(16)8-15)25-11-21(30)27-17-12-29(13-17)18-4-6-23(31,7-5-18)20-10-24-14-32-20/h2-3,8-10,14,17-18,31H,4-7,11-13H2,1H3,(H,25,28)(H,27,30)/t18-,23+. The van der Waals surface area contributed by atoms with Crippen molar-refractivity contribution < 1.29 is 9.90 Å². The van der Waals surface area contributed by atoms with Gasteiger partial charge >= 0.3 is 0 Å². The third-order valence-electron chi connectivity index (χ3n) is 6.70. The highest BCUT2D eigenvalue weighted by molar-refractivity contribution is 7.09. The first-order chi connectivity index (χ1) is 15.5. The van der Waals surface area contributed by atoms with E-state index in [1.165, 1.54) is 11.3 Å². The van der Waals surface area contributed by atoms with E-state index in [1.807, 2.05) is 25.1 Å². The molecule has 3 heterocycles. The SMILES string of the molecule is Cc1ccc2cnnc(NCC(=O)NC3CN([C@H]4CC[C@](O)(c5cncs5)CC4)C3)c2c1. The van der Waals surface area contributed by atoms with Crippen LogP contribution in [0.3, 0.4) is 0 Å². The molecule has 1 saturated heterocycles. The van der Waals surface area contributed by atoms with Crippen LogP contribution in [0.2, 0.25) is 0 Å². The minimum Gasteiger partial charge on any atom is -0.384 e. The normalized spacial score (nSPS) is 24.2. The maximum Gasteiger partial charge on any atom is 0.239 e. The molecule has 2 aliphatic rings. The van der Waals surface area contributed by atoms with E-state index in [-0.39, 0.29) is 18.5 Å². The van der Waals surface area contributed by atoms with Crippen molar-refractivity contribution in [2.24, 2.45) is 0 Å². The molecule has 5 rings (SSSR count). The molecule has 0 atom stereocenters. The van der Waals surface area contributed by atoms with Crippen LogP contribution in [0.25, 0.3) is 10.8 Å². The predicted octanol–water partition coefficient (Wildman–Crippen LogP) is 2.44. The summed E-state index contributed by atoms with van der Waals surface area (Å²) in [5.41, 5.74) is 2.20. The van der Waals surface area contributed by atoms with E-state index in [1.54, 1.807) is 17.9 Å². The topological polar surface area (TPSA) is 103 Å². The highest BCUT2D eigenvalue weighted by Gasteiger charge is 2.40. The van der Waals surface area contributed by atoms with Crippen LogP contribution in [0.5, 0.6) is 0 Å². The van der Waals surface area contributed by atoms with Gasteiger partial charge in [0.2, 0.25) is 5.91 Å². The Morgan fingerprint density at radius 1 is 1.28 bits per heavy atom. The van der Waals surface area contributed by atoms with Gasteiger partial charge in [-0.3, -0.25) is 14.7 Å². The Kier molecular flexibility index (Phi) is 5.79. The second-order valence-electron chi connectivity index (χ2n) is 8.98. The highest BCUT2D eigenvalue weighted by atomic mass is 32.1. The first kappa shape index (κ1) is 21.2. The summed E-state index contributed by atoms with van der Waals surface area (Å²) in [6, 6.07) is 6.75. The summed E-state index contributed by atoms with van der Waals surface area (Å²) in [4.78, 5) is 19.9. The third kappa shape index (κ3) is 4.32. The second-order valence-corrected chi connectivity index (χ2v) is 9.87. The first-order valence-electron chi connectivity index (χ1n) is 11.1. The van der Waals surface area contributed by atoms with E-state index in [4.69, 9.17) is 0 Å². The quantitative estimate of drug-likeness (QED) is 0.528. The summed E-state index contributed by atoms with van der Waals surface area (Å²) in [5.74, 6) is 0.594. The van der Waals surface area contributed by atoms with Crippen molar-refractivity contribution in [3.05, 3.63) is 46.5 Å². The predicted molar refractivity (Wildman–Crippen MR) is 125 cm³/mol. The van der Waals surface area contributed by atoms with Crippen LogP contribution in [0, 0.1) is 6.92 Å². The minimum atomic E-state index is -0.717. The third-order valence-corrected chi connectivity index (χ3v) is 7.67. The van der Waals surface area contributed by atoms with Gasteiger partial charge in [0.1, 0.15) is 5.60 Å². The largest absolute Gasteiger partial charge is 0.384 e. The van der Waals surface area contributed by atoms with E-state index in [9.17, 15) is 9.90 Å². The molecule has 1 aliphatic carbocycles. The fourth-order valence-electron chi connectivity index (χ4n) is 4.80. The second kappa shape index (κ2) is 8.73. The molecule has 0 radical (unpaired) electrons.